The van der Waals surface area contributed by atoms with Crippen LogP contribution in [-0.2, 0) is 11.3 Å². The van der Waals surface area contributed by atoms with Gasteiger partial charge in [0.2, 0.25) is 0 Å². The number of carbonyl (C=O) groups excluding carboxylic acids is 1. The second-order valence-corrected chi connectivity index (χ2v) is 7.37. The fourth-order valence-corrected chi connectivity index (χ4v) is 2.06. The van der Waals surface area contributed by atoms with E-state index >= 15 is 0 Å². The third-order valence-corrected chi connectivity index (χ3v) is 3.29. The second-order valence-electron chi connectivity index (χ2n) is 7.37. The normalized spacial score (nSPS) is 12.0. The van der Waals surface area contributed by atoms with Crippen LogP contribution in [-0.4, -0.2) is 45.5 Å². The van der Waals surface area contributed by atoms with Gasteiger partial charge in [0.05, 0.1) is 6.20 Å². The highest BCUT2D eigenvalue weighted by molar-refractivity contribution is 5.68. The number of amides is 1. The van der Waals surface area contributed by atoms with Crippen LogP contribution < -0.4 is 5.32 Å². The van der Waals surface area contributed by atoms with Gasteiger partial charge in [-0.15, -0.1) is 0 Å². The van der Waals surface area contributed by atoms with Gasteiger partial charge >= 0.3 is 6.09 Å². The Morgan fingerprint density at radius 1 is 1.35 bits per heavy atom. The minimum absolute atomic E-state index is 0.107. The fourth-order valence-electron chi connectivity index (χ4n) is 2.06. The van der Waals surface area contributed by atoms with Crippen molar-refractivity contribution in [1.82, 2.24) is 20.0 Å². The largest absolute Gasteiger partial charge is 0.444 e. The molecule has 6 heteroatoms. The quantitative estimate of drug-likeness (QED) is 0.783. The predicted molar refractivity (Wildman–Crippen MR) is 92.4 cm³/mol. The number of rotatable bonds is 7. The molecule has 0 atom stereocenters. The summed E-state index contributed by atoms with van der Waals surface area (Å²) in [5, 5.41) is 7.67. The van der Waals surface area contributed by atoms with E-state index in [-0.39, 0.29) is 12.1 Å². The van der Waals surface area contributed by atoms with Crippen LogP contribution in [0.4, 0.5) is 4.79 Å². The van der Waals surface area contributed by atoms with E-state index in [1.165, 1.54) is 0 Å². The standard InChI is InChI=1S/C17H32N4O2/c1-13(2)20(16(22)23-17(5,6)7)9-8-18-10-15-11-19-21(12-15)14(3)4/h11-14,18H,8-10H2,1-7H3. The summed E-state index contributed by atoms with van der Waals surface area (Å²) >= 11 is 0. The first-order valence-electron chi connectivity index (χ1n) is 8.33. The van der Waals surface area contributed by atoms with Crippen LogP contribution in [0.3, 0.4) is 0 Å². The summed E-state index contributed by atoms with van der Waals surface area (Å²) in [6.07, 6.45) is 3.66. The van der Waals surface area contributed by atoms with E-state index in [0.717, 1.165) is 12.1 Å². The van der Waals surface area contributed by atoms with E-state index in [1.54, 1.807) is 4.90 Å². The zero-order valence-electron chi connectivity index (χ0n) is 15.6. The summed E-state index contributed by atoms with van der Waals surface area (Å²) in [7, 11) is 0. The topological polar surface area (TPSA) is 59.4 Å². The summed E-state index contributed by atoms with van der Waals surface area (Å²) < 4.78 is 7.39. The first-order chi connectivity index (χ1) is 10.6. The van der Waals surface area contributed by atoms with E-state index < -0.39 is 5.60 Å². The van der Waals surface area contributed by atoms with Crippen molar-refractivity contribution in [1.29, 1.82) is 0 Å². The summed E-state index contributed by atoms with van der Waals surface area (Å²) in [5.41, 5.74) is 0.676. The van der Waals surface area contributed by atoms with Crippen molar-refractivity contribution < 1.29 is 9.53 Å². The lowest BCUT2D eigenvalue weighted by Gasteiger charge is -2.30. The Balaban J connectivity index is 2.42. The van der Waals surface area contributed by atoms with Gasteiger partial charge in [-0.2, -0.15) is 5.10 Å². The molecular formula is C17H32N4O2. The van der Waals surface area contributed by atoms with Crippen molar-refractivity contribution in [2.24, 2.45) is 0 Å². The fraction of sp³-hybridized carbons (Fsp3) is 0.765. The van der Waals surface area contributed by atoms with E-state index in [2.05, 4.69) is 24.3 Å². The van der Waals surface area contributed by atoms with Gasteiger partial charge in [0.25, 0.3) is 0 Å². The Morgan fingerprint density at radius 2 is 2.00 bits per heavy atom. The molecule has 0 spiro atoms. The number of hydrogen-bond acceptors (Lipinski definition) is 4. The molecule has 0 bridgehead atoms. The van der Waals surface area contributed by atoms with Gasteiger partial charge in [-0.05, 0) is 48.5 Å². The highest BCUT2D eigenvalue weighted by Crippen LogP contribution is 2.11. The van der Waals surface area contributed by atoms with E-state index in [1.807, 2.05) is 51.7 Å². The summed E-state index contributed by atoms with van der Waals surface area (Å²) in [4.78, 5) is 14.0. The lowest BCUT2D eigenvalue weighted by molar-refractivity contribution is 0.0193. The number of nitrogens with one attached hydrogen (secondary N) is 1. The van der Waals surface area contributed by atoms with Crippen LogP contribution in [0.1, 0.15) is 60.1 Å². The minimum atomic E-state index is -0.469. The van der Waals surface area contributed by atoms with Crippen molar-refractivity contribution in [3.63, 3.8) is 0 Å². The van der Waals surface area contributed by atoms with Gasteiger partial charge in [-0.1, -0.05) is 0 Å². The Kier molecular flexibility index (Phi) is 7.06. The number of ether oxygens (including phenoxy) is 1. The van der Waals surface area contributed by atoms with Crippen LogP contribution in [0.2, 0.25) is 0 Å². The second kappa shape index (κ2) is 8.34. The van der Waals surface area contributed by atoms with Gasteiger partial charge in [-0.25, -0.2) is 4.79 Å². The van der Waals surface area contributed by atoms with Crippen LogP contribution in [0.15, 0.2) is 12.4 Å². The van der Waals surface area contributed by atoms with Crippen LogP contribution in [0.5, 0.6) is 0 Å². The molecule has 1 aromatic rings. The lowest BCUT2D eigenvalue weighted by Crippen LogP contribution is -2.44. The molecule has 132 valence electrons. The highest BCUT2D eigenvalue weighted by atomic mass is 16.6. The third-order valence-electron chi connectivity index (χ3n) is 3.29. The Hall–Kier alpha value is -1.56. The van der Waals surface area contributed by atoms with Gasteiger partial charge in [0.15, 0.2) is 0 Å². The maximum Gasteiger partial charge on any atom is 0.410 e. The molecule has 0 radical (unpaired) electrons. The predicted octanol–water partition coefficient (Wildman–Crippen LogP) is 3.20. The molecule has 1 amide bonds. The van der Waals surface area contributed by atoms with E-state index in [9.17, 15) is 4.79 Å². The monoisotopic (exact) mass is 324 g/mol. The van der Waals surface area contributed by atoms with Gasteiger partial charge in [0, 0.05) is 43.5 Å². The average Bonchev–Trinajstić information content (AvgIpc) is 2.84. The molecule has 0 saturated carbocycles. The van der Waals surface area contributed by atoms with Crippen molar-refractivity contribution in [3.8, 4) is 0 Å². The smallest absolute Gasteiger partial charge is 0.410 e. The molecule has 1 N–H and O–H groups in total. The highest BCUT2D eigenvalue weighted by Gasteiger charge is 2.23. The molecule has 0 aromatic carbocycles. The van der Waals surface area contributed by atoms with Gasteiger partial charge in [0.1, 0.15) is 5.60 Å². The number of hydrogen-bond donors (Lipinski definition) is 1. The zero-order chi connectivity index (χ0) is 17.6. The molecule has 6 nitrogen and oxygen atoms in total. The van der Waals surface area contributed by atoms with Gasteiger partial charge < -0.3 is 15.0 Å². The SMILES string of the molecule is CC(C)N(CCNCc1cnn(C(C)C)c1)C(=O)OC(C)(C)C. The molecule has 0 aliphatic carbocycles. The molecule has 1 rings (SSSR count). The maximum absolute atomic E-state index is 12.2. The zero-order valence-corrected chi connectivity index (χ0v) is 15.6. The Labute approximate surface area is 140 Å². The molecule has 0 unspecified atom stereocenters. The first kappa shape index (κ1) is 19.5. The first-order valence-corrected chi connectivity index (χ1v) is 8.33. The molecule has 0 aliphatic heterocycles. The van der Waals surface area contributed by atoms with E-state index in [0.29, 0.717) is 19.1 Å². The molecule has 1 heterocycles. The van der Waals surface area contributed by atoms with Gasteiger partial charge in [-0.3, -0.25) is 4.68 Å². The number of aromatic nitrogens is 2. The van der Waals surface area contributed by atoms with Crippen LogP contribution in [0, 0.1) is 0 Å². The molecule has 23 heavy (non-hydrogen) atoms. The molecule has 0 saturated heterocycles. The van der Waals surface area contributed by atoms with Crippen molar-refractivity contribution in [2.45, 2.75) is 72.7 Å². The van der Waals surface area contributed by atoms with Crippen molar-refractivity contribution >= 4 is 6.09 Å². The van der Waals surface area contributed by atoms with E-state index in [4.69, 9.17) is 4.74 Å². The average molecular weight is 324 g/mol. The van der Waals surface area contributed by atoms with Crippen molar-refractivity contribution in [3.05, 3.63) is 18.0 Å². The lowest BCUT2D eigenvalue weighted by atomic mass is 10.2. The molecule has 0 fully saturated rings. The summed E-state index contributed by atoms with van der Waals surface area (Å²) in [6, 6.07) is 0.475. The third kappa shape index (κ3) is 7.03. The molecule has 1 aromatic heterocycles. The molecule has 0 aliphatic rings. The number of carbonyl (C=O) groups is 1. The maximum atomic E-state index is 12.2. The summed E-state index contributed by atoms with van der Waals surface area (Å²) in [6.45, 7) is 15.9. The molecular weight excluding hydrogens is 292 g/mol. The summed E-state index contributed by atoms with van der Waals surface area (Å²) in [5.74, 6) is 0. The van der Waals surface area contributed by atoms with Crippen molar-refractivity contribution in [2.75, 3.05) is 13.1 Å². The minimum Gasteiger partial charge on any atom is -0.444 e. The Morgan fingerprint density at radius 3 is 2.48 bits per heavy atom. The van der Waals surface area contributed by atoms with Crippen LogP contribution >= 0.6 is 0 Å². The number of nitrogens with zero attached hydrogens (tertiary/aromatic N) is 3. The Bertz CT molecular complexity index is 489. The van der Waals surface area contributed by atoms with Crippen LogP contribution in [0.25, 0.3) is 0 Å².